The molecule has 5 heteroatoms. The average Bonchev–Trinajstić information content (AvgIpc) is 2.79. The van der Waals surface area contributed by atoms with Crippen LogP contribution in [0.3, 0.4) is 0 Å². The van der Waals surface area contributed by atoms with Crippen molar-refractivity contribution in [2.45, 2.75) is 39.2 Å². The second-order valence-corrected chi connectivity index (χ2v) is 5.58. The predicted molar refractivity (Wildman–Crippen MR) is 87.2 cm³/mol. The Labute approximate surface area is 131 Å². The number of nitrogens with zero attached hydrogens (tertiary/aromatic N) is 2. The zero-order valence-corrected chi connectivity index (χ0v) is 13.6. The Balaban J connectivity index is 2.24. The number of aryl methyl sites for hydroxylation is 3. The van der Waals surface area contributed by atoms with Gasteiger partial charge >= 0.3 is 0 Å². The number of hydrazine groups is 1. The maximum atomic E-state index is 6.41. The smallest absolute Gasteiger partial charge is 0.0850 e. The molecule has 1 heterocycles. The van der Waals surface area contributed by atoms with E-state index in [1.54, 1.807) is 0 Å². The van der Waals surface area contributed by atoms with Gasteiger partial charge in [0.05, 0.1) is 22.5 Å². The third-order valence-corrected chi connectivity index (χ3v) is 4.33. The molecular formula is C16H23ClN4. The fourth-order valence-corrected chi connectivity index (χ4v) is 2.86. The van der Waals surface area contributed by atoms with Gasteiger partial charge in [0.15, 0.2) is 0 Å². The molecule has 0 fully saturated rings. The van der Waals surface area contributed by atoms with E-state index in [9.17, 15) is 0 Å². The van der Waals surface area contributed by atoms with Gasteiger partial charge in [0, 0.05) is 13.5 Å². The maximum Gasteiger partial charge on any atom is 0.0850 e. The molecule has 0 aliphatic carbocycles. The summed E-state index contributed by atoms with van der Waals surface area (Å²) in [4.78, 5) is 0. The van der Waals surface area contributed by atoms with Crippen LogP contribution in [0.25, 0.3) is 0 Å². The Bertz CT molecular complexity index is 589. The molecule has 1 aromatic heterocycles. The Morgan fingerprint density at radius 3 is 2.38 bits per heavy atom. The molecule has 1 aromatic carbocycles. The topological polar surface area (TPSA) is 55.9 Å². The molecule has 0 bridgehead atoms. The zero-order valence-electron chi connectivity index (χ0n) is 12.9. The van der Waals surface area contributed by atoms with Crippen molar-refractivity contribution >= 4 is 11.6 Å². The molecule has 0 spiro atoms. The first-order valence-corrected chi connectivity index (χ1v) is 7.73. The van der Waals surface area contributed by atoms with E-state index < -0.39 is 0 Å². The molecule has 2 aromatic rings. The fraction of sp³-hybridized carbons (Fsp3) is 0.438. The van der Waals surface area contributed by atoms with E-state index in [1.165, 1.54) is 5.56 Å². The number of nitrogens with two attached hydrogens (primary N) is 1. The lowest BCUT2D eigenvalue weighted by Gasteiger charge is -2.17. The quantitative estimate of drug-likeness (QED) is 0.637. The summed E-state index contributed by atoms with van der Waals surface area (Å²) in [6.45, 7) is 4.20. The molecule has 4 nitrogen and oxygen atoms in total. The molecule has 0 radical (unpaired) electrons. The molecule has 21 heavy (non-hydrogen) atoms. The summed E-state index contributed by atoms with van der Waals surface area (Å²) in [5, 5.41) is 5.21. The van der Waals surface area contributed by atoms with Crippen LogP contribution in [-0.2, 0) is 26.3 Å². The van der Waals surface area contributed by atoms with Crippen LogP contribution in [0.1, 0.15) is 42.4 Å². The van der Waals surface area contributed by atoms with Crippen molar-refractivity contribution < 1.29 is 0 Å². The minimum absolute atomic E-state index is 0.0218. The Morgan fingerprint density at radius 2 is 1.90 bits per heavy atom. The number of aromatic nitrogens is 2. The molecule has 1 atom stereocenters. The van der Waals surface area contributed by atoms with E-state index in [4.69, 9.17) is 17.4 Å². The van der Waals surface area contributed by atoms with Crippen LogP contribution in [0.2, 0.25) is 5.02 Å². The van der Waals surface area contributed by atoms with E-state index in [1.807, 2.05) is 11.7 Å². The lowest BCUT2D eigenvalue weighted by Crippen LogP contribution is -2.30. The van der Waals surface area contributed by atoms with Gasteiger partial charge in [-0.3, -0.25) is 16.0 Å². The normalized spacial score (nSPS) is 12.6. The summed E-state index contributed by atoms with van der Waals surface area (Å²) in [6.07, 6.45) is 2.58. The van der Waals surface area contributed by atoms with Crippen LogP contribution in [0.15, 0.2) is 24.3 Å². The van der Waals surface area contributed by atoms with E-state index in [-0.39, 0.29) is 6.04 Å². The van der Waals surface area contributed by atoms with Crippen LogP contribution in [0.5, 0.6) is 0 Å². The number of halogens is 1. The van der Waals surface area contributed by atoms with Crippen molar-refractivity contribution in [3.8, 4) is 0 Å². The number of hydrogen-bond acceptors (Lipinski definition) is 3. The van der Waals surface area contributed by atoms with Crippen LogP contribution >= 0.6 is 11.6 Å². The van der Waals surface area contributed by atoms with E-state index >= 15 is 0 Å². The number of rotatable bonds is 6. The molecular weight excluding hydrogens is 284 g/mol. The minimum Gasteiger partial charge on any atom is -0.271 e. The van der Waals surface area contributed by atoms with E-state index in [0.29, 0.717) is 6.42 Å². The van der Waals surface area contributed by atoms with Gasteiger partial charge in [-0.05, 0) is 24.0 Å². The van der Waals surface area contributed by atoms with Crippen molar-refractivity contribution in [3.05, 3.63) is 51.8 Å². The summed E-state index contributed by atoms with van der Waals surface area (Å²) in [7, 11) is 1.92. The molecule has 0 amide bonds. The van der Waals surface area contributed by atoms with Crippen LogP contribution in [0.4, 0.5) is 0 Å². The SMILES string of the molecule is CCc1ccc(C(Cc2c(Cl)c(CC)nn2C)NN)cc1. The van der Waals surface area contributed by atoms with Crippen molar-refractivity contribution in [2.75, 3.05) is 0 Å². The van der Waals surface area contributed by atoms with E-state index in [2.05, 4.69) is 48.6 Å². The highest BCUT2D eigenvalue weighted by Gasteiger charge is 2.18. The molecule has 0 aliphatic rings. The van der Waals surface area contributed by atoms with E-state index in [0.717, 1.165) is 34.8 Å². The van der Waals surface area contributed by atoms with Crippen LogP contribution in [0, 0.1) is 0 Å². The summed E-state index contributed by atoms with van der Waals surface area (Å²) in [5.74, 6) is 5.74. The molecule has 0 saturated heterocycles. The summed E-state index contributed by atoms with van der Waals surface area (Å²) in [6, 6.07) is 8.54. The maximum absolute atomic E-state index is 6.41. The van der Waals surface area contributed by atoms with Gasteiger partial charge in [-0.25, -0.2) is 0 Å². The van der Waals surface area contributed by atoms with Gasteiger partial charge in [-0.2, -0.15) is 5.10 Å². The second-order valence-electron chi connectivity index (χ2n) is 5.20. The number of nitrogens with one attached hydrogen (secondary N) is 1. The third-order valence-electron chi connectivity index (χ3n) is 3.89. The largest absolute Gasteiger partial charge is 0.271 e. The minimum atomic E-state index is 0.0218. The molecule has 1 unspecified atom stereocenters. The van der Waals surface area contributed by atoms with Crippen molar-refractivity contribution in [1.82, 2.24) is 15.2 Å². The van der Waals surface area contributed by atoms with Gasteiger partial charge in [-0.1, -0.05) is 49.7 Å². The molecule has 0 saturated carbocycles. The lowest BCUT2D eigenvalue weighted by molar-refractivity contribution is 0.530. The van der Waals surface area contributed by atoms with Gasteiger partial charge in [-0.15, -0.1) is 0 Å². The second kappa shape index (κ2) is 7.07. The summed E-state index contributed by atoms with van der Waals surface area (Å²) in [5.41, 5.74) is 7.31. The standard InChI is InChI=1S/C16H23ClN4/c1-4-11-6-8-12(9-7-11)14(19-18)10-15-16(17)13(5-2)20-21(15)3/h6-9,14,19H,4-5,10,18H2,1-3H3. The van der Waals surface area contributed by atoms with Gasteiger partial charge in [0.2, 0.25) is 0 Å². The highest BCUT2D eigenvalue weighted by molar-refractivity contribution is 6.31. The Kier molecular flexibility index (Phi) is 5.39. The molecule has 2 rings (SSSR count). The van der Waals surface area contributed by atoms with Gasteiger partial charge < -0.3 is 0 Å². The fourth-order valence-electron chi connectivity index (χ4n) is 2.49. The summed E-state index contributed by atoms with van der Waals surface area (Å²) < 4.78 is 1.85. The Hall–Kier alpha value is -1.36. The molecule has 0 aliphatic heterocycles. The first-order valence-electron chi connectivity index (χ1n) is 7.35. The highest BCUT2D eigenvalue weighted by Crippen LogP contribution is 2.26. The first-order chi connectivity index (χ1) is 10.1. The highest BCUT2D eigenvalue weighted by atomic mass is 35.5. The monoisotopic (exact) mass is 306 g/mol. The van der Waals surface area contributed by atoms with Crippen LogP contribution < -0.4 is 11.3 Å². The van der Waals surface area contributed by atoms with Crippen molar-refractivity contribution in [3.63, 3.8) is 0 Å². The average molecular weight is 307 g/mol. The van der Waals surface area contributed by atoms with Crippen molar-refractivity contribution in [1.29, 1.82) is 0 Å². The predicted octanol–water partition coefficient (Wildman–Crippen LogP) is 2.95. The first kappa shape index (κ1) is 16.0. The van der Waals surface area contributed by atoms with Gasteiger partial charge in [0.1, 0.15) is 0 Å². The summed E-state index contributed by atoms with van der Waals surface area (Å²) >= 11 is 6.41. The zero-order chi connectivity index (χ0) is 15.4. The molecule has 114 valence electrons. The number of hydrogen-bond donors (Lipinski definition) is 2. The van der Waals surface area contributed by atoms with Gasteiger partial charge in [0.25, 0.3) is 0 Å². The van der Waals surface area contributed by atoms with Crippen LogP contribution in [-0.4, -0.2) is 9.78 Å². The Morgan fingerprint density at radius 1 is 1.24 bits per heavy atom. The molecule has 3 N–H and O–H groups in total. The van der Waals surface area contributed by atoms with Crippen molar-refractivity contribution in [2.24, 2.45) is 12.9 Å². The third kappa shape index (κ3) is 3.46. The lowest BCUT2D eigenvalue weighted by atomic mass is 10.00. The number of benzene rings is 1.